The molecule has 1 unspecified atom stereocenters. The van der Waals surface area contributed by atoms with Crippen molar-refractivity contribution in [2.45, 2.75) is 37.3 Å². The molecular formula is C18H24N4O. The van der Waals surface area contributed by atoms with Crippen LogP contribution in [0.3, 0.4) is 0 Å². The number of pyridine rings is 1. The molecule has 0 amide bonds. The van der Waals surface area contributed by atoms with Gasteiger partial charge < -0.3 is 4.74 Å². The van der Waals surface area contributed by atoms with E-state index in [1.54, 1.807) is 0 Å². The Hall–Kier alpha value is -1.72. The summed E-state index contributed by atoms with van der Waals surface area (Å²) >= 11 is 0. The molecule has 122 valence electrons. The zero-order chi connectivity index (χ0) is 15.7. The van der Waals surface area contributed by atoms with E-state index in [9.17, 15) is 0 Å². The van der Waals surface area contributed by atoms with Gasteiger partial charge in [-0.2, -0.15) is 5.10 Å². The third kappa shape index (κ3) is 3.16. The molecule has 1 spiro atoms. The van der Waals surface area contributed by atoms with Gasteiger partial charge >= 0.3 is 0 Å². The molecule has 23 heavy (non-hydrogen) atoms. The summed E-state index contributed by atoms with van der Waals surface area (Å²) in [6, 6.07) is 4.17. The smallest absolute Gasteiger partial charge is 0.0713 e. The van der Waals surface area contributed by atoms with Crippen molar-refractivity contribution in [3.8, 4) is 0 Å². The molecular weight excluding hydrogens is 288 g/mol. The molecule has 0 saturated carbocycles. The van der Waals surface area contributed by atoms with Crippen LogP contribution in [0.1, 0.15) is 36.3 Å². The van der Waals surface area contributed by atoms with E-state index >= 15 is 0 Å². The van der Waals surface area contributed by atoms with E-state index < -0.39 is 0 Å². The molecule has 1 atom stereocenters. The second-order valence-corrected chi connectivity index (χ2v) is 6.98. The van der Waals surface area contributed by atoms with Crippen LogP contribution in [0.4, 0.5) is 0 Å². The van der Waals surface area contributed by atoms with Crippen molar-refractivity contribution in [3.63, 3.8) is 0 Å². The van der Waals surface area contributed by atoms with Crippen molar-refractivity contribution in [2.24, 2.45) is 7.05 Å². The molecule has 0 aromatic carbocycles. The van der Waals surface area contributed by atoms with Crippen molar-refractivity contribution in [1.82, 2.24) is 19.7 Å². The second kappa shape index (κ2) is 6.06. The molecule has 4 heterocycles. The number of hydrogen-bond acceptors (Lipinski definition) is 4. The average molecular weight is 312 g/mol. The fraction of sp³-hybridized carbons (Fsp3) is 0.556. The van der Waals surface area contributed by atoms with Crippen LogP contribution < -0.4 is 0 Å². The number of hydrogen-bond donors (Lipinski definition) is 0. The Balaban J connectivity index is 1.34. The van der Waals surface area contributed by atoms with Gasteiger partial charge in [0.05, 0.1) is 18.4 Å². The van der Waals surface area contributed by atoms with Crippen LogP contribution in [0.2, 0.25) is 0 Å². The molecule has 0 bridgehead atoms. The summed E-state index contributed by atoms with van der Waals surface area (Å²) in [6.07, 6.45) is 11.3. The molecule has 0 N–H and O–H groups in total. The highest BCUT2D eigenvalue weighted by Gasteiger charge is 2.43. The first-order chi connectivity index (χ1) is 11.2. The molecule has 4 rings (SSSR count). The van der Waals surface area contributed by atoms with Crippen molar-refractivity contribution >= 4 is 0 Å². The maximum absolute atomic E-state index is 6.28. The molecule has 0 radical (unpaired) electrons. The van der Waals surface area contributed by atoms with Gasteiger partial charge in [0.15, 0.2) is 0 Å². The van der Waals surface area contributed by atoms with Crippen molar-refractivity contribution in [2.75, 3.05) is 19.7 Å². The van der Waals surface area contributed by atoms with E-state index in [1.165, 1.54) is 11.1 Å². The van der Waals surface area contributed by atoms with Gasteiger partial charge in [0, 0.05) is 51.2 Å². The summed E-state index contributed by atoms with van der Waals surface area (Å²) in [5, 5.41) is 4.30. The Kier molecular flexibility index (Phi) is 3.91. The second-order valence-electron chi connectivity index (χ2n) is 6.98. The van der Waals surface area contributed by atoms with Crippen molar-refractivity contribution < 1.29 is 4.74 Å². The van der Waals surface area contributed by atoms with Crippen LogP contribution in [0.25, 0.3) is 0 Å². The topological polar surface area (TPSA) is 43.2 Å². The normalized spacial score (nSPS) is 24.3. The molecule has 2 aromatic rings. The van der Waals surface area contributed by atoms with Crippen LogP contribution in [-0.4, -0.2) is 45.0 Å². The van der Waals surface area contributed by atoms with Gasteiger partial charge in [-0.1, -0.05) is 6.07 Å². The van der Waals surface area contributed by atoms with E-state index in [0.29, 0.717) is 5.92 Å². The quantitative estimate of drug-likeness (QED) is 0.872. The predicted molar refractivity (Wildman–Crippen MR) is 88.0 cm³/mol. The van der Waals surface area contributed by atoms with E-state index in [1.807, 2.05) is 36.4 Å². The minimum atomic E-state index is 0.0892. The van der Waals surface area contributed by atoms with E-state index in [0.717, 1.165) is 45.5 Å². The molecule has 2 fully saturated rings. The lowest BCUT2D eigenvalue weighted by atomic mass is 9.84. The van der Waals surface area contributed by atoms with Gasteiger partial charge in [-0.25, -0.2) is 0 Å². The fourth-order valence-corrected chi connectivity index (χ4v) is 3.93. The fourth-order valence-electron chi connectivity index (χ4n) is 3.93. The molecule has 2 saturated heterocycles. The Morgan fingerprint density at radius 2 is 2.17 bits per heavy atom. The number of rotatable bonds is 3. The zero-order valence-corrected chi connectivity index (χ0v) is 13.7. The molecule has 2 aliphatic heterocycles. The monoisotopic (exact) mass is 312 g/mol. The van der Waals surface area contributed by atoms with Gasteiger partial charge in [0.1, 0.15) is 0 Å². The number of nitrogens with zero attached hydrogens (tertiary/aromatic N) is 4. The molecule has 2 aliphatic rings. The van der Waals surface area contributed by atoms with Crippen LogP contribution in [0, 0.1) is 0 Å². The Morgan fingerprint density at radius 1 is 1.30 bits per heavy atom. The van der Waals surface area contributed by atoms with Gasteiger partial charge in [-0.05, 0) is 36.5 Å². The minimum absolute atomic E-state index is 0.0892. The van der Waals surface area contributed by atoms with E-state index in [2.05, 4.69) is 27.2 Å². The highest BCUT2D eigenvalue weighted by atomic mass is 16.5. The lowest BCUT2D eigenvalue weighted by molar-refractivity contribution is -0.0448. The number of aryl methyl sites for hydroxylation is 1. The summed E-state index contributed by atoms with van der Waals surface area (Å²) in [6.45, 7) is 4.05. The van der Waals surface area contributed by atoms with Crippen LogP contribution in [0.5, 0.6) is 0 Å². The lowest BCUT2D eigenvalue weighted by Gasteiger charge is -2.38. The van der Waals surface area contributed by atoms with Crippen LogP contribution in [-0.2, 0) is 18.3 Å². The Bertz CT molecular complexity index is 646. The largest absolute Gasteiger partial charge is 0.374 e. The van der Waals surface area contributed by atoms with Gasteiger partial charge in [-0.15, -0.1) is 0 Å². The SMILES string of the molecule is Cn1cc(C2COC3(CCN(Cc4cccnc4)CC3)C2)cn1. The first-order valence-corrected chi connectivity index (χ1v) is 8.46. The zero-order valence-electron chi connectivity index (χ0n) is 13.7. The summed E-state index contributed by atoms with van der Waals surface area (Å²) < 4.78 is 8.17. The predicted octanol–water partition coefficient (Wildman–Crippen LogP) is 2.35. The lowest BCUT2D eigenvalue weighted by Crippen LogP contribution is -2.43. The van der Waals surface area contributed by atoms with Crippen LogP contribution >= 0.6 is 0 Å². The maximum Gasteiger partial charge on any atom is 0.0713 e. The molecule has 5 heteroatoms. The number of aromatic nitrogens is 3. The first-order valence-electron chi connectivity index (χ1n) is 8.46. The summed E-state index contributed by atoms with van der Waals surface area (Å²) in [7, 11) is 1.98. The molecule has 0 aliphatic carbocycles. The van der Waals surface area contributed by atoms with Crippen molar-refractivity contribution in [3.05, 3.63) is 48.0 Å². The van der Waals surface area contributed by atoms with Gasteiger partial charge in [0.25, 0.3) is 0 Å². The summed E-state index contributed by atoms with van der Waals surface area (Å²) in [4.78, 5) is 6.72. The Labute approximate surface area is 137 Å². The molecule has 5 nitrogen and oxygen atoms in total. The minimum Gasteiger partial charge on any atom is -0.374 e. The average Bonchev–Trinajstić information content (AvgIpc) is 3.18. The van der Waals surface area contributed by atoms with E-state index in [-0.39, 0.29) is 5.60 Å². The third-order valence-electron chi connectivity index (χ3n) is 5.30. The number of piperidine rings is 1. The summed E-state index contributed by atoms with van der Waals surface area (Å²) in [5.74, 6) is 0.508. The third-order valence-corrected chi connectivity index (χ3v) is 5.30. The number of ether oxygens (including phenoxy) is 1. The highest BCUT2D eigenvalue weighted by Crippen LogP contribution is 2.42. The van der Waals surface area contributed by atoms with Crippen molar-refractivity contribution in [1.29, 1.82) is 0 Å². The Morgan fingerprint density at radius 3 is 2.87 bits per heavy atom. The summed E-state index contributed by atoms with van der Waals surface area (Å²) in [5.41, 5.74) is 2.71. The highest BCUT2D eigenvalue weighted by molar-refractivity contribution is 5.16. The first kappa shape index (κ1) is 14.8. The maximum atomic E-state index is 6.28. The number of likely N-dealkylation sites (tertiary alicyclic amines) is 1. The van der Waals surface area contributed by atoms with E-state index in [4.69, 9.17) is 4.74 Å². The van der Waals surface area contributed by atoms with Gasteiger partial charge in [-0.3, -0.25) is 14.6 Å². The standard InChI is InChI=1S/C18H24N4O/c1-21-13-17(11-20-21)16-9-18(23-14-16)4-7-22(8-5-18)12-15-3-2-6-19-10-15/h2-3,6,10-11,13,16H,4-5,7-9,12,14H2,1H3. The van der Waals surface area contributed by atoms with Gasteiger partial charge in [0.2, 0.25) is 0 Å². The molecule has 2 aromatic heterocycles. The van der Waals surface area contributed by atoms with Crippen LogP contribution in [0.15, 0.2) is 36.9 Å².